The Hall–Kier alpha value is -0.570. The van der Waals surface area contributed by atoms with E-state index in [0.717, 1.165) is 36.8 Å². The molecule has 4 bridgehead atoms. The van der Waals surface area contributed by atoms with Crippen molar-refractivity contribution in [1.82, 2.24) is 10.2 Å². The third kappa shape index (κ3) is 2.18. The van der Waals surface area contributed by atoms with E-state index in [4.69, 9.17) is 0 Å². The molecule has 0 aromatic rings. The Morgan fingerprint density at radius 3 is 2.10 bits per heavy atom. The Balaban J connectivity index is 1.40. The average molecular weight is 276 g/mol. The number of nitrogens with zero attached hydrogens (tertiary/aromatic N) is 1. The van der Waals surface area contributed by atoms with Crippen molar-refractivity contribution in [3.63, 3.8) is 0 Å². The van der Waals surface area contributed by atoms with Crippen LogP contribution in [0.1, 0.15) is 51.9 Å². The van der Waals surface area contributed by atoms with Gasteiger partial charge in [0, 0.05) is 6.04 Å². The number of amides is 1. The van der Waals surface area contributed by atoms with E-state index in [1.165, 1.54) is 44.9 Å². The molecule has 5 aliphatic rings. The second kappa shape index (κ2) is 5.01. The molecule has 112 valence electrons. The van der Waals surface area contributed by atoms with Crippen LogP contribution in [-0.4, -0.2) is 36.0 Å². The number of hydrogen-bond acceptors (Lipinski definition) is 2. The van der Waals surface area contributed by atoms with Gasteiger partial charge in [-0.3, -0.25) is 9.69 Å². The zero-order chi connectivity index (χ0) is 13.7. The normalized spacial score (nSPS) is 44.8. The van der Waals surface area contributed by atoms with Crippen LogP contribution in [0.25, 0.3) is 0 Å². The number of rotatable bonds is 3. The van der Waals surface area contributed by atoms with Gasteiger partial charge in [-0.2, -0.15) is 0 Å². The molecule has 20 heavy (non-hydrogen) atoms. The smallest absolute Gasteiger partial charge is 0.237 e. The maximum atomic E-state index is 12.6. The van der Waals surface area contributed by atoms with Crippen LogP contribution >= 0.6 is 0 Å². The summed E-state index contributed by atoms with van der Waals surface area (Å²) in [5.74, 6) is 3.86. The Kier molecular flexibility index (Phi) is 3.29. The summed E-state index contributed by atoms with van der Waals surface area (Å²) in [6.07, 6.45) is 9.54. The van der Waals surface area contributed by atoms with E-state index in [2.05, 4.69) is 17.1 Å². The first-order chi connectivity index (χ1) is 9.70. The van der Waals surface area contributed by atoms with Crippen LogP contribution in [0.15, 0.2) is 0 Å². The minimum absolute atomic E-state index is 0.0784. The highest BCUT2D eigenvalue weighted by Crippen LogP contribution is 2.53. The summed E-state index contributed by atoms with van der Waals surface area (Å²) in [6, 6.07) is 0.579. The van der Waals surface area contributed by atoms with Gasteiger partial charge < -0.3 is 5.32 Å². The molecule has 5 fully saturated rings. The molecule has 1 saturated heterocycles. The molecular weight excluding hydrogens is 248 g/mol. The standard InChI is InChI=1S/C17H28N2O/c1-11(19-4-2-3-5-19)17(20)18-16-14-7-12-6-13(9-14)10-15(16)8-12/h11-16H,2-10H2,1H3,(H,18,20). The van der Waals surface area contributed by atoms with Crippen molar-refractivity contribution in [3.05, 3.63) is 0 Å². The first-order valence-corrected chi connectivity index (χ1v) is 8.75. The Morgan fingerprint density at radius 2 is 1.55 bits per heavy atom. The molecule has 4 saturated carbocycles. The molecule has 1 unspecified atom stereocenters. The maximum absolute atomic E-state index is 12.6. The second-order valence-electron chi connectivity index (χ2n) is 7.88. The number of hydrogen-bond donors (Lipinski definition) is 1. The van der Waals surface area contributed by atoms with Crippen molar-refractivity contribution in [2.75, 3.05) is 13.1 Å². The summed E-state index contributed by atoms with van der Waals surface area (Å²) in [5.41, 5.74) is 0. The van der Waals surface area contributed by atoms with Gasteiger partial charge in [0.25, 0.3) is 0 Å². The monoisotopic (exact) mass is 276 g/mol. The van der Waals surface area contributed by atoms with Gasteiger partial charge in [0.1, 0.15) is 0 Å². The fourth-order valence-electron chi connectivity index (χ4n) is 5.74. The zero-order valence-electron chi connectivity index (χ0n) is 12.7. The zero-order valence-corrected chi connectivity index (χ0v) is 12.7. The van der Waals surface area contributed by atoms with Crippen LogP contribution in [0.2, 0.25) is 0 Å². The minimum Gasteiger partial charge on any atom is -0.351 e. The van der Waals surface area contributed by atoms with Gasteiger partial charge in [-0.25, -0.2) is 0 Å². The molecular formula is C17H28N2O. The predicted molar refractivity (Wildman–Crippen MR) is 79.2 cm³/mol. The van der Waals surface area contributed by atoms with Crippen LogP contribution in [0, 0.1) is 23.7 Å². The fourth-order valence-corrected chi connectivity index (χ4v) is 5.74. The van der Waals surface area contributed by atoms with Gasteiger partial charge in [0.05, 0.1) is 6.04 Å². The quantitative estimate of drug-likeness (QED) is 0.858. The van der Waals surface area contributed by atoms with Crippen LogP contribution in [0.5, 0.6) is 0 Å². The lowest BCUT2D eigenvalue weighted by atomic mass is 9.54. The van der Waals surface area contributed by atoms with E-state index < -0.39 is 0 Å². The lowest BCUT2D eigenvalue weighted by molar-refractivity contribution is -0.129. The van der Waals surface area contributed by atoms with Crippen LogP contribution in [-0.2, 0) is 4.79 Å². The van der Waals surface area contributed by atoms with Crippen LogP contribution in [0.3, 0.4) is 0 Å². The van der Waals surface area contributed by atoms with E-state index in [9.17, 15) is 4.79 Å². The lowest BCUT2D eigenvalue weighted by Gasteiger charge is -2.54. The molecule has 0 aromatic heterocycles. The number of likely N-dealkylation sites (tertiary alicyclic amines) is 1. The summed E-state index contributed by atoms with van der Waals surface area (Å²) >= 11 is 0. The predicted octanol–water partition coefficient (Wildman–Crippen LogP) is 2.41. The van der Waals surface area contributed by atoms with Crippen molar-refractivity contribution in [2.24, 2.45) is 23.7 Å². The Morgan fingerprint density at radius 1 is 1.00 bits per heavy atom. The highest BCUT2D eigenvalue weighted by atomic mass is 16.2. The fraction of sp³-hybridized carbons (Fsp3) is 0.941. The molecule has 1 N–H and O–H groups in total. The molecule has 3 heteroatoms. The minimum atomic E-state index is 0.0784. The topological polar surface area (TPSA) is 32.3 Å². The van der Waals surface area contributed by atoms with Gasteiger partial charge >= 0.3 is 0 Å². The molecule has 1 amide bonds. The van der Waals surface area contributed by atoms with Crippen molar-refractivity contribution in [2.45, 2.75) is 64.0 Å². The third-order valence-corrected chi connectivity index (χ3v) is 6.60. The maximum Gasteiger partial charge on any atom is 0.237 e. The van der Waals surface area contributed by atoms with Gasteiger partial charge in [-0.15, -0.1) is 0 Å². The molecule has 1 heterocycles. The highest BCUT2D eigenvalue weighted by molar-refractivity contribution is 5.81. The molecule has 4 aliphatic carbocycles. The molecule has 0 aromatic carbocycles. The van der Waals surface area contributed by atoms with E-state index in [0.29, 0.717) is 11.9 Å². The summed E-state index contributed by atoms with van der Waals surface area (Å²) < 4.78 is 0. The largest absolute Gasteiger partial charge is 0.351 e. The van der Waals surface area contributed by atoms with Crippen molar-refractivity contribution < 1.29 is 4.79 Å². The van der Waals surface area contributed by atoms with Crippen molar-refractivity contribution in [3.8, 4) is 0 Å². The lowest BCUT2D eigenvalue weighted by Crippen LogP contribution is -2.58. The van der Waals surface area contributed by atoms with Gasteiger partial charge in [0.15, 0.2) is 0 Å². The second-order valence-corrected chi connectivity index (χ2v) is 7.88. The Labute approximate surface area is 122 Å². The number of carbonyl (C=O) groups excluding carboxylic acids is 1. The van der Waals surface area contributed by atoms with Crippen molar-refractivity contribution in [1.29, 1.82) is 0 Å². The molecule has 1 atom stereocenters. The van der Waals surface area contributed by atoms with Gasteiger partial charge in [-0.05, 0) is 88.6 Å². The summed E-state index contributed by atoms with van der Waals surface area (Å²) in [4.78, 5) is 14.9. The number of nitrogens with one attached hydrogen (secondary N) is 1. The SMILES string of the molecule is CC(C(=O)NC1C2CC3CC(C2)CC1C3)N1CCCC1. The van der Waals surface area contributed by atoms with Gasteiger partial charge in [0.2, 0.25) is 5.91 Å². The molecule has 5 rings (SSSR count). The molecule has 1 aliphatic heterocycles. The van der Waals surface area contributed by atoms with E-state index >= 15 is 0 Å². The third-order valence-electron chi connectivity index (χ3n) is 6.60. The van der Waals surface area contributed by atoms with Crippen molar-refractivity contribution >= 4 is 5.91 Å². The number of carbonyl (C=O) groups is 1. The van der Waals surface area contributed by atoms with E-state index in [1.54, 1.807) is 0 Å². The van der Waals surface area contributed by atoms with Crippen LogP contribution < -0.4 is 5.32 Å². The summed E-state index contributed by atoms with van der Waals surface area (Å²) in [6.45, 7) is 4.31. The van der Waals surface area contributed by atoms with Crippen LogP contribution in [0.4, 0.5) is 0 Å². The molecule has 0 radical (unpaired) electrons. The highest BCUT2D eigenvalue weighted by Gasteiger charge is 2.48. The summed E-state index contributed by atoms with van der Waals surface area (Å²) in [7, 11) is 0. The van der Waals surface area contributed by atoms with Gasteiger partial charge in [-0.1, -0.05) is 0 Å². The van der Waals surface area contributed by atoms with E-state index in [-0.39, 0.29) is 6.04 Å². The summed E-state index contributed by atoms with van der Waals surface area (Å²) in [5, 5.41) is 3.46. The first-order valence-electron chi connectivity index (χ1n) is 8.75. The molecule has 0 spiro atoms. The Bertz CT molecular complexity index is 360. The average Bonchev–Trinajstić information content (AvgIpc) is 2.95. The molecule has 3 nitrogen and oxygen atoms in total. The first kappa shape index (κ1) is 13.1. The van der Waals surface area contributed by atoms with E-state index in [1.807, 2.05) is 0 Å².